The molecule has 0 aliphatic heterocycles. The molecule has 0 amide bonds. The molecule has 170 valence electrons. The second kappa shape index (κ2) is 9.79. The van der Waals surface area contributed by atoms with E-state index in [0.717, 1.165) is 17.5 Å². The van der Waals surface area contributed by atoms with Crippen LogP contribution in [0.1, 0.15) is 54.9 Å². The maximum atomic E-state index is 13.0. The molecule has 0 N–H and O–H groups in total. The maximum absolute atomic E-state index is 13.0. The molecular formula is C24H21ClN2O6. The molecule has 8 nitrogen and oxygen atoms in total. The fraction of sp³-hybridized carbons (Fsp3) is 0.208. The van der Waals surface area contributed by atoms with Gasteiger partial charge in [-0.1, -0.05) is 29.8 Å². The SMILES string of the molecule is CCn1c(C)cc(C(=O)COC(=O)c2ccccc2C(=O)c2ccc(Cl)c([N+](=O)[O-])c2)c1C. The molecule has 0 saturated carbocycles. The molecule has 3 rings (SSSR count). The van der Waals surface area contributed by atoms with Gasteiger partial charge >= 0.3 is 5.97 Å². The number of benzene rings is 2. The van der Waals surface area contributed by atoms with Gasteiger partial charge in [0.1, 0.15) is 5.02 Å². The van der Waals surface area contributed by atoms with Crippen LogP contribution in [0.5, 0.6) is 0 Å². The van der Waals surface area contributed by atoms with Gasteiger partial charge < -0.3 is 9.30 Å². The standard InChI is InChI=1S/C24H21ClN2O6/c1-4-26-14(2)11-19(15(26)3)22(28)13-33-24(30)18-8-6-5-7-17(18)23(29)16-9-10-20(25)21(12-16)27(31)32/h5-12H,4,13H2,1-3H3. The van der Waals surface area contributed by atoms with Gasteiger partial charge in [0.2, 0.25) is 5.78 Å². The van der Waals surface area contributed by atoms with E-state index in [9.17, 15) is 24.5 Å². The summed E-state index contributed by atoms with van der Waals surface area (Å²) in [6.45, 7) is 5.91. The number of aryl methyl sites for hydroxylation is 1. The Kier molecular flexibility index (Phi) is 7.08. The molecule has 0 spiro atoms. The molecule has 33 heavy (non-hydrogen) atoms. The number of ether oxygens (including phenoxy) is 1. The molecule has 0 fully saturated rings. The number of Topliss-reactive ketones (excluding diaryl/α,β-unsaturated/α-hetero) is 1. The molecule has 0 saturated heterocycles. The molecule has 0 bridgehead atoms. The summed E-state index contributed by atoms with van der Waals surface area (Å²) in [5.74, 6) is -1.81. The Morgan fingerprint density at radius 1 is 1.03 bits per heavy atom. The highest BCUT2D eigenvalue weighted by Crippen LogP contribution is 2.27. The Morgan fingerprint density at radius 2 is 1.70 bits per heavy atom. The number of nitro benzene ring substituents is 1. The van der Waals surface area contributed by atoms with Crippen LogP contribution in [0, 0.1) is 24.0 Å². The molecule has 0 unspecified atom stereocenters. The quantitative estimate of drug-likeness (QED) is 0.200. The Labute approximate surface area is 194 Å². The van der Waals surface area contributed by atoms with Gasteiger partial charge in [-0.15, -0.1) is 0 Å². The monoisotopic (exact) mass is 468 g/mol. The molecule has 9 heteroatoms. The minimum atomic E-state index is -0.847. The highest BCUT2D eigenvalue weighted by atomic mass is 35.5. The Balaban J connectivity index is 1.82. The molecule has 1 aromatic heterocycles. The van der Waals surface area contributed by atoms with E-state index in [1.807, 2.05) is 25.3 Å². The second-order valence-corrected chi connectivity index (χ2v) is 7.73. The van der Waals surface area contributed by atoms with Crippen molar-refractivity contribution in [3.63, 3.8) is 0 Å². The zero-order chi connectivity index (χ0) is 24.3. The summed E-state index contributed by atoms with van der Waals surface area (Å²) in [6.07, 6.45) is 0. The third-order valence-electron chi connectivity index (χ3n) is 5.32. The molecule has 3 aromatic rings. The molecule has 0 aliphatic rings. The Morgan fingerprint density at radius 3 is 2.30 bits per heavy atom. The van der Waals surface area contributed by atoms with Crippen molar-refractivity contribution in [2.45, 2.75) is 27.3 Å². The fourth-order valence-corrected chi connectivity index (χ4v) is 3.85. The van der Waals surface area contributed by atoms with Gasteiger partial charge in [-0.2, -0.15) is 0 Å². The van der Waals surface area contributed by atoms with Crippen molar-refractivity contribution in [1.29, 1.82) is 0 Å². The van der Waals surface area contributed by atoms with Gasteiger partial charge in [-0.05, 0) is 45.0 Å². The second-order valence-electron chi connectivity index (χ2n) is 7.33. The molecular weight excluding hydrogens is 448 g/mol. The summed E-state index contributed by atoms with van der Waals surface area (Å²) in [6, 6.07) is 11.3. The van der Waals surface area contributed by atoms with Crippen molar-refractivity contribution in [3.8, 4) is 0 Å². The first-order valence-corrected chi connectivity index (χ1v) is 10.5. The van der Waals surface area contributed by atoms with Gasteiger partial charge in [0.05, 0.1) is 10.5 Å². The molecule has 2 aromatic carbocycles. The smallest absolute Gasteiger partial charge is 0.339 e. The summed E-state index contributed by atoms with van der Waals surface area (Å²) in [7, 11) is 0. The van der Waals surface area contributed by atoms with Crippen molar-refractivity contribution < 1.29 is 24.0 Å². The van der Waals surface area contributed by atoms with E-state index in [1.54, 1.807) is 18.2 Å². The zero-order valence-corrected chi connectivity index (χ0v) is 19.0. The first kappa shape index (κ1) is 23.9. The average molecular weight is 469 g/mol. The van der Waals surface area contributed by atoms with E-state index in [1.165, 1.54) is 24.3 Å². The number of esters is 1. The van der Waals surface area contributed by atoms with Crippen LogP contribution in [0.15, 0.2) is 48.5 Å². The summed E-state index contributed by atoms with van der Waals surface area (Å²) in [4.78, 5) is 48.8. The summed E-state index contributed by atoms with van der Waals surface area (Å²) >= 11 is 5.82. The number of carbonyl (C=O) groups excluding carboxylic acids is 3. The van der Waals surface area contributed by atoms with Gasteiger partial charge in [0, 0.05) is 40.7 Å². The van der Waals surface area contributed by atoms with Gasteiger partial charge in [-0.3, -0.25) is 19.7 Å². The lowest BCUT2D eigenvalue weighted by Gasteiger charge is -2.09. The van der Waals surface area contributed by atoms with Gasteiger partial charge in [0.25, 0.3) is 5.69 Å². The number of hydrogen-bond acceptors (Lipinski definition) is 6. The molecule has 0 aliphatic carbocycles. The van der Waals surface area contributed by atoms with Crippen LogP contribution < -0.4 is 0 Å². The normalized spacial score (nSPS) is 10.7. The van der Waals surface area contributed by atoms with Crippen molar-refractivity contribution in [3.05, 3.63) is 97.3 Å². The predicted octanol–water partition coefficient (Wildman–Crippen LogP) is 4.96. The number of carbonyl (C=O) groups is 3. The van der Waals surface area contributed by atoms with Crippen molar-refractivity contribution >= 4 is 34.8 Å². The van der Waals surface area contributed by atoms with E-state index in [0.29, 0.717) is 12.1 Å². The molecule has 0 radical (unpaired) electrons. The summed E-state index contributed by atoms with van der Waals surface area (Å²) < 4.78 is 7.19. The number of hydrogen-bond donors (Lipinski definition) is 0. The van der Waals surface area contributed by atoms with Crippen LogP contribution in [0.4, 0.5) is 5.69 Å². The summed E-state index contributed by atoms with van der Waals surface area (Å²) in [5.41, 5.74) is 1.71. The number of nitrogens with zero attached hydrogens (tertiary/aromatic N) is 2. The highest BCUT2D eigenvalue weighted by molar-refractivity contribution is 6.33. The fourth-order valence-electron chi connectivity index (χ4n) is 3.67. The minimum Gasteiger partial charge on any atom is -0.454 e. The molecule has 1 heterocycles. The number of rotatable bonds is 8. The van der Waals surface area contributed by atoms with Crippen LogP contribution in [-0.2, 0) is 11.3 Å². The van der Waals surface area contributed by atoms with Crippen LogP contribution in [0.2, 0.25) is 5.02 Å². The topological polar surface area (TPSA) is 109 Å². The van der Waals surface area contributed by atoms with E-state index < -0.39 is 29.0 Å². The summed E-state index contributed by atoms with van der Waals surface area (Å²) in [5, 5.41) is 11.0. The van der Waals surface area contributed by atoms with Crippen LogP contribution in [0.3, 0.4) is 0 Å². The van der Waals surface area contributed by atoms with Crippen molar-refractivity contribution in [2.75, 3.05) is 6.61 Å². The first-order valence-electron chi connectivity index (χ1n) is 10.1. The Hall–Kier alpha value is -3.78. The molecule has 0 atom stereocenters. The van der Waals surface area contributed by atoms with Crippen molar-refractivity contribution in [2.24, 2.45) is 0 Å². The largest absolute Gasteiger partial charge is 0.454 e. The number of nitro groups is 1. The number of aromatic nitrogens is 1. The van der Waals surface area contributed by atoms with Gasteiger partial charge in [0.15, 0.2) is 12.4 Å². The zero-order valence-electron chi connectivity index (χ0n) is 18.3. The third-order valence-corrected chi connectivity index (χ3v) is 5.64. The van der Waals surface area contributed by atoms with E-state index >= 15 is 0 Å². The first-order chi connectivity index (χ1) is 15.6. The predicted molar refractivity (Wildman–Crippen MR) is 122 cm³/mol. The van der Waals surface area contributed by atoms with Crippen LogP contribution in [-0.4, -0.2) is 33.6 Å². The van der Waals surface area contributed by atoms with Crippen LogP contribution in [0.25, 0.3) is 0 Å². The number of ketones is 2. The maximum Gasteiger partial charge on any atom is 0.339 e. The minimum absolute atomic E-state index is 0.00395. The average Bonchev–Trinajstić information content (AvgIpc) is 3.09. The van der Waals surface area contributed by atoms with Crippen LogP contribution >= 0.6 is 11.6 Å². The lowest BCUT2D eigenvalue weighted by Crippen LogP contribution is -2.17. The lowest BCUT2D eigenvalue weighted by atomic mass is 9.98. The van der Waals surface area contributed by atoms with E-state index in [4.69, 9.17) is 16.3 Å². The number of halogens is 1. The van der Waals surface area contributed by atoms with E-state index in [-0.39, 0.29) is 27.5 Å². The highest BCUT2D eigenvalue weighted by Gasteiger charge is 2.23. The van der Waals surface area contributed by atoms with E-state index in [2.05, 4.69) is 0 Å². The third kappa shape index (κ3) is 4.85. The van der Waals surface area contributed by atoms with Crippen molar-refractivity contribution in [1.82, 2.24) is 4.57 Å². The lowest BCUT2D eigenvalue weighted by molar-refractivity contribution is -0.384. The Bertz CT molecular complexity index is 1280. The van der Waals surface area contributed by atoms with Gasteiger partial charge in [-0.25, -0.2) is 4.79 Å².